The van der Waals surface area contributed by atoms with Gasteiger partial charge in [0.2, 0.25) is 5.91 Å². The van der Waals surface area contributed by atoms with Gasteiger partial charge in [-0.25, -0.2) is 0 Å². The molecule has 2 amide bonds. The molecule has 2 aliphatic rings. The number of piperidine rings is 2. The van der Waals surface area contributed by atoms with E-state index in [2.05, 4.69) is 4.98 Å². The van der Waals surface area contributed by atoms with Crippen LogP contribution in [0.15, 0.2) is 36.5 Å². The largest absolute Gasteiger partial charge is 0.338 e. The summed E-state index contributed by atoms with van der Waals surface area (Å²) in [7, 11) is 0. The number of rotatable bonds is 3. The topological polar surface area (TPSA) is 79.5 Å². The number of para-hydroxylation sites is 1. The second kappa shape index (κ2) is 7.03. The quantitative estimate of drug-likeness (QED) is 0.911. The number of aromatic nitrogens is 1. The third-order valence-electron chi connectivity index (χ3n) is 5.66. The molecule has 1 aromatic carbocycles. The predicted octanol–water partition coefficient (Wildman–Crippen LogP) is 1.65. The highest BCUT2D eigenvalue weighted by atomic mass is 16.2. The summed E-state index contributed by atoms with van der Waals surface area (Å²) in [6.07, 6.45) is 3.95. The highest BCUT2D eigenvalue weighted by molar-refractivity contribution is 6.05. The van der Waals surface area contributed by atoms with Crippen LogP contribution in [-0.4, -0.2) is 58.8 Å². The average molecular weight is 352 g/mol. The second-order valence-corrected chi connectivity index (χ2v) is 7.16. The van der Waals surface area contributed by atoms with E-state index in [-0.39, 0.29) is 17.9 Å². The molecule has 2 aliphatic heterocycles. The van der Waals surface area contributed by atoms with E-state index in [4.69, 9.17) is 5.73 Å². The van der Waals surface area contributed by atoms with E-state index in [1.165, 1.54) is 0 Å². The first-order chi connectivity index (χ1) is 12.7. The molecule has 0 aliphatic carbocycles. The van der Waals surface area contributed by atoms with Crippen molar-refractivity contribution in [3.63, 3.8) is 0 Å². The zero-order valence-electron chi connectivity index (χ0n) is 14.8. The van der Waals surface area contributed by atoms with Crippen LogP contribution in [0.5, 0.6) is 0 Å². The predicted molar refractivity (Wildman–Crippen MR) is 99.5 cm³/mol. The summed E-state index contributed by atoms with van der Waals surface area (Å²) in [5.41, 5.74) is 7.10. The van der Waals surface area contributed by atoms with E-state index in [9.17, 15) is 9.59 Å². The Bertz CT molecular complexity index is 832. The molecule has 2 N–H and O–H groups in total. The van der Waals surface area contributed by atoms with Gasteiger partial charge in [0.05, 0.1) is 11.1 Å². The molecule has 2 atom stereocenters. The number of likely N-dealkylation sites (tertiary alicyclic amines) is 2. The molecule has 2 saturated heterocycles. The Balaban J connectivity index is 1.55. The Kier molecular flexibility index (Phi) is 4.59. The number of carbonyl (C=O) groups excluding carboxylic acids is 2. The van der Waals surface area contributed by atoms with E-state index in [1.54, 1.807) is 6.20 Å². The number of carbonyl (C=O) groups is 2. The molecule has 0 spiro atoms. The molecule has 3 heterocycles. The van der Waals surface area contributed by atoms with Gasteiger partial charge in [0.25, 0.3) is 5.91 Å². The number of amides is 2. The van der Waals surface area contributed by atoms with Crippen LogP contribution in [0.4, 0.5) is 0 Å². The molecule has 0 bridgehead atoms. The van der Waals surface area contributed by atoms with E-state index in [0.29, 0.717) is 44.1 Å². The average Bonchev–Trinajstić information content (AvgIpc) is 2.69. The van der Waals surface area contributed by atoms with E-state index >= 15 is 0 Å². The van der Waals surface area contributed by atoms with Crippen LogP contribution in [0, 0.1) is 5.92 Å². The van der Waals surface area contributed by atoms with Crippen LogP contribution in [-0.2, 0) is 4.79 Å². The Morgan fingerprint density at radius 3 is 2.92 bits per heavy atom. The van der Waals surface area contributed by atoms with Gasteiger partial charge in [-0.1, -0.05) is 18.2 Å². The number of fused-ring (bicyclic) bond motifs is 2. The fourth-order valence-electron chi connectivity index (χ4n) is 4.41. The lowest BCUT2D eigenvalue weighted by molar-refractivity contribution is -0.140. The molecular formula is C20H24N4O2. The third kappa shape index (κ3) is 2.94. The lowest BCUT2D eigenvalue weighted by atomic mass is 9.83. The lowest BCUT2D eigenvalue weighted by Gasteiger charge is -2.47. The molecule has 1 aromatic heterocycles. The molecule has 6 nitrogen and oxygen atoms in total. The molecule has 26 heavy (non-hydrogen) atoms. The van der Waals surface area contributed by atoms with Gasteiger partial charge in [-0.3, -0.25) is 14.6 Å². The summed E-state index contributed by atoms with van der Waals surface area (Å²) < 4.78 is 0. The van der Waals surface area contributed by atoms with Gasteiger partial charge < -0.3 is 15.5 Å². The van der Waals surface area contributed by atoms with Gasteiger partial charge in [-0.05, 0) is 30.9 Å². The minimum absolute atomic E-state index is 0.0371. The van der Waals surface area contributed by atoms with Crippen LogP contribution in [0.3, 0.4) is 0 Å². The molecule has 0 radical (unpaired) electrons. The lowest BCUT2D eigenvalue weighted by Crippen LogP contribution is -2.57. The molecule has 2 aromatic rings. The molecular weight excluding hydrogens is 328 g/mol. The Morgan fingerprint density at radius 1 is 1.23 bits per heavy atom. The Hall–Kier alpha value is -2.47. The number of pyridine rings is 1. The van der Waals surface area contributed by atoms with Crippen LogP contribution >= 0.6 is 0 Å². The Morgan fingerprint density at radius 2 is 2.08 bits per heavy atom. The highest BCUT2D eigenvalue weighted by Gasteiger charge is 2.40. The van der Waals surface area contributed by atoms with Crippen molar-refractivity contribution in [2.45, 2.75) is 25.3 Å². The molecule has 2 fully saturated rings. The van der Waals surface area contributed by atoms with Gasteiger partial charge in [0, 0.05) is 50.2 Å². The minimum Gasteiger partial charge on any atom is -0.338 e. The maximum absolute atomic E-state index is 13.1. The molecule has 6 heteroatoms. The normalized spacial score (nSPS) is 23.2. The highest BCUT2D eigenvalue weighted by Crippen LogP contribution is 2.32. The van der Waals surface area contributed by atoms with E-state index < -0.39 is 0 Å². The zero-order chi connectivity index (χ0) is 18.1. The third-order valence-corrected chi connectivity index (χ3v) is 5.66. The van der Waals surface area contributed by atoms with Crippen molar-refractivity contribution in [3.05, 3.63) is 42.1 Å². The number of nitrogens with zero attached hydrogens (tertiary/aromatic N) is 3. The fourth-order valence-corrected chi connectivity index (χ4v) is 4.41. The number of nitrogens with two attached hydrogens (primary N) is 1. The maximum Gasteiger partial charge on any atom is 0.256 e. The van der Waals surface area contributed by atoms with Gasteiger partial charge >= 0.3 is 0 Å². The first-order valence-electron chi connectivity index (χ1n) is 9.31. The van der Waals surface area contributed by atoms with Crippen LogP contribution in [0.2, 0.25) is 0 Å². The van der Waals surface area contributed by atoms with Gasteiger partial charge in [0.1, 0.15) is 0 Å². The molecule has 0 saturated carbocycles. The van der Waals surface area contributed by atoms with Gasteiger partial charge in [-0.15, -0.1) is 0 Å². The first-order valence-corrected chi connectivity index (χ1v) is 9.31. The first kappa shape index (κ1) is 17.0. The Labute approximate surface area is 153 Å². The van der Waals surface area contributed by atoms with Gasteiger partial charge in [-0.2, -0.15) is 0 Å². The number of hydrogen-bond donors (Lipinski definition) is 1. The molecule has 4 rings (SSSR count). The smallest absolute Gasteiger partial charge is 0.256 e. The van der Waals surface area contributed by atoms with Crippen molar-refractivity contribution in [1.29, 1.82) is 0 Å². The maximum atomic E-state index is 13.1. The summed E-state index contributed by atoms with van der Waals surface area (Å²) >= 11 is 0. The summed E-state index contributed by atoms with van der Waals surface area (Å²) in [5, 5.41) is 0.977. The monoisotopic (exact) mass is 352 g/mol. The second-order valence-electron chi connectivity index (χ2n) is 7.16. The van der Waals surface area contributed by atoms with Crippen LogP contribution < -0.4 is 5.73 Å². The van der Waals surface area contributed by atoms with Crippen molar-refractivity contribution in [2.75, 3.05) is 26.2 Å². The minimum atomic E-state index is 0.0371. The summed E-state index contributed by atoms with van der Waals surface area (Å²) in [6.45, 7) is 2.46. The molecule has 0 unspecified atom stereocenters. The summed E-state index contributed by atoms with van der Waals surface area (Å²) in [4.78, 5) is 33.6. The fraction of sp³-hybridized carbons (Fsp3) is 0.450. The van der Waals surface area contributed by atoms with Crippen molar-refractivity contribution < 1.29 is 9.59 Å². The van der Waals surface area contributed by atoms with Crippen molar-refractivity contribution in [3.8, 4) is 0 Å². The summed E-state index contributed by atoms with van der Waals surface area (Å²) in [5.74, 6) is 0.574. The van der Waals surface area contributed by atoms with Gasteiger partial charge in [0.15, 0.2) is 0 Å². The van der Waals surface area contributed by atoms with E-state index in [0.717, 1.165) is 23.7 Å². The van der Waals surface area contributed by atoms with Crippen LogP contribution in [0.25, 0.3) is 10.9 Å². The number of benzene rings is 1. The van der Waals surface area contributed by atoms with Crippen molar-refractivity contribution in [1.82, 2.24) is 14.8 Å². The van der Waals surface area contributed by atoms with Crippen molar-refractivity contribution >= 4 is 22.7 Å². The standard InChI is InChI=1S/C20H24N4O2/c21-9-12-24-17-8-11-23(13-15(17)6-7-18(24)25)20(26)16-5-1-3-14-4-2-10-22-19(14)16/h1-5,10,15,17H,6-9,11-13,21H2/t15-,17+/m0/s1. The molecule has 136 valence electrons. The summed E-state index contributed by atoms with van der Waals surface area (Å²) in [6, 6.07) is 9.81. The van der Waals surface area contributed by atoms with Crippen LogP contribution in [0.1, 0.15) is 29.6 Å². The van der Waals surface area contributed by atoms with Crippen molar-refractivity contribution in [2.24, 2.45) is 11.7 Å². The zero-order valence-corrected chi connectivity index (χ0v) is 14.8. The van der Waals surface area contributed by atoms with E-state index in [1.807, 2.05) is 40.1 Å². The number of hydrogen-bond acceptors (Lipinski definition) is 4. The SMILES string of the molecule is NCCN1C(=O)CC[C@H]2CN(C(=O)c3cccc4cccnc34)CC[C@H]21.